The number of hydrogen-bond donors (Lipinski definition) is 1. The normalized spacial score (nSPS) is 16.8. The molecule has 0 saturated carbocycles. The molecule has 3 aromatic carbocycles. The van der Waals surface area contributed by atoms with Crippen molar-refractivity contribution >= 4 is 24.0 Å². The molecule has 4 rings (SSSR count). The molecule has 3 aromatic rings. The monoisotopic (exact) mass is 585 g/mol. The van der Waals surface area contributed by atoms with E-state index in [1.54, 1.807) is 77.9 Å². The molecule has 1 N–H and O–H groups in total. The Kier molecular flexibility index (Phi) is 8.40. The Morgan fingerprint density at radius 3 is 1.95 bits per heavy atom. The number of nitrogens with zero attached hydrogens (tertiary/aromatic N) is 2. The van der Waals surface area contributed by atoms with E-state index in [1.807, 2.05) is 50.2 Å². The zero-order valence-electron chi connectivity index (χ0n) is 26.0. The summed E-state index contributed by atoms with van der Waals surface area (Å²) < 4.78 is 11.3. The second kappa shape index (κ2) is 11.6. The minimum atomic E-state index is -2.05. The van der Waals surface area contributed by atoms with Gasteiger partial charge in [0.1, 0.15) is 11.2 Å². The largest absolute Gasteiger partial charge is 0.443 e. The Labute approximate surface area is 252 Å². The first kappa shape index (κ1) is 31.3. The number of hydrazine groups is 1. The lowest BCUT2D eigenvalue weighted by molar-refractivity contribution is -0.143. The third-order valence-electron chi connectivity index (χ3n) is 6.68. The summed E-state index contributed by atoms with van der Waals surface area (Å²) in [6.07, 6.45) is -1.98. The molecule has 1 aliphatic rings. The third kappa shape index (κ3) is 6.56. The standard InChI is InChI=1S/C34H39N3O6/c1-22-18-23(2)20-25(19-22)34(37(31(41)43-33(6,7)8)35-30(40)42-32(3,4)5)27-17-13-12-16-26(27)28(38)36(29(34)39)21-24-14-10-9-11-15-24/h9-20H,21H2,1-8H3,(H,35,40). The van der Waals surface area contributed by atoms with Gasteiger partial charge in [-0.3, -0.25) is 14.5 Å². The molecule has 4 amide bonds. The van der Waals surface area contributed by atoms with E-state index in [0.717, 1.165) is 21.0 Å². The third-order valence-corrected chi connectivity index (χ3v) is 6.68. The molecule has 0 spiro atoms. The van der Waals surface area contributed by atoms with Crippen molar-refractivity contribution < 1.29 is 28.7 Å². The molecule has 9 heteroatoms. The van der Waals surface area contributed by atoms with Gasteiger partial charge >= 0.3 is 12.2 Å². The number of aryl methyl sites for hydroxylation is 2. The number of ether oxygens (including phenoxy) is 2. The van der Waals surface area contributed by atoms with E-state index in [0.29, 0.717) is 11.1 Å². The minimum absolute atomic E-state index is 0.0615. The number of nitrogens with one attached hydrogen (secondary N) is 1. The Morgan fingerprint density at radius 1 is 0.814 bits per heavy atom. The fourth-order valence-electron chi connectivity index (χ4n) is 5.22. The van der Waals surface area contributed by atoms with Gasteiger partial charge in [-0.05, 0) is 72.6 Å². The second-order valence-corrected chi connectivity index (χ2v) is 12.7. The molecular weight excluding hydrogens is 546 g/mol. The number of fused-ring (bicyclic) bond motifs is 1. The van der Waals surface area contributed by atoms with Crippen LogP contribution in [0.25, 0.3) is 0 Å². The summed E-state index contributed by atoms with van der Waals surface area (Å²) in [7, 11) is 0. The van der Waals surface area contributed by atoms with E-state index in [9.17, 15) is 14.4 Å². The summed E-state index contributed by atoms with van der Waals surface area (Å²) in [5.74, 6) is -1.25. The van der Waals surface area contributed by atoms with E-state index in [1.165, 1.54) is 0 Å². The number of amides is 4. The van der Waals surface area contributed by atoms with Gasteiger partial charge in [-0.1, -0.05) is 77.9 Å². The highest BCUT2D eigenvalue weighted by Crippen LogP contribution is 2.44. The molecule has 0 bridgehead atoms. The predicted octanol–water partition coefficient (Wildman–Crippen LogP) is 6.41. The van der Waals surface area contributed by atoms with E-state index in [2.05, 4.69) is 5.43 Å². The number of benzene rings is 3. The van der Waals surface area contributed by atoms with E-state index in [-0.39, 0.29) is 17.7 Å². The summed E-state index contributed by atoms with van der Waals surface area (Å²) >= 11 is 0. The van der Waals surface area contributed by atoms with Crippen molar-refractivity contribution in [3.8, 4) is 0 Å². The Morgan fingerprint density at radius 2 is 1.37 bits per heavy atom. The van der Waals surface area contributed by atoms with E-state index >= 15 is 4.79 Å². The Balaban J connectivity index is 2.08. The fourth-order valence-corrected chi connectivity index (χ4v) is 5.22. The van der Waals surface area contributed by atoms with E-state index in [4.69, 9.17) is 9.47 Å². The van der Waals surface area contributed by atoms with Crippen LogP contribution < -0.4 is 5.43 Å². The molecule has 0 radical (unpaired) electrons. The number of hydrogen-bond acceptors (Lipinski definition) is 6. The van der Waals surface area contributed by atoms with Crippen LogP contribution in [0, 0.1) is 13.8 Å². The zero-order chi connectivity index (χ0) is 31.7. The van der Waals surface area contributed by atoms with Crippen LogP contribution in [0.1, 0.15) is 79.7 Å². The highest BCUT2D eigenvalue weighted by molar-refractivity contribution is 6.15. The molecule has 9 nitrogen and oxygen atoms in total. The van der Waals surface area contributed by atoms with Gasteiger partial charge in [-0.2, -0.15) is 5.01 Å². The van der Waals surface area contributed by atoms with Crippen molar-refractivity contribution in [2.75, 3.05) is 0 Å². The molecule has 0 saturated heterocycles. The molecule has 0 aromatic heterocycles. The lowest BCUT2D eigenvalue weighted by Gasteiger charge is -2.47. The maximum absolute atomic E-state index is 15.1. The van der Waals surface area contributed by atoms with Gasteiger partial charge in [-0.15, -0.1) is 0 Å². The molecule has 0 fully saturated rings. The first-order chi connectivity index (χ1) is 20.0. The van der Waals surface area contributed by atoms with Crippen LogP contribution in [0.4, 0.5) is 9.59 Å². The first-order valence-corrected chi connectivity index (χ1v) is 14.1. The Hall–Kier alpha value is -4.66. The average molecular weight is 586 g/mol. The zero-order valence-corrected chi connectivity index (χ0v) is 26.0. The van der Waals surface area contributed by atoms with Gasteiger partial charge in [0, 0.05) is 11.1 Å². The van der Waals surface area contributed by atoms with Crippen LogP contribution in [0.5, 0.6) is 0 Å². The minimum Gasteiger partial charge on any atom is -0.443 e. The molecule has 226 valence electrons. The van der Waals surface area contributed by atoms with Crippen molar-refractivity contribution in [2.24, 2.45) is 0 Å². The summed E-state index contributed by atoms with van der Waals surface area (Å²) in [5, 5.41) is 0.881. The fraction of sp³-hybridized carbons (Fsp3) is 0.353. The van der Waals surface area contributed by atoms with Gasteiger partial charge in [0.25, 0.3) is 11.8 Å². The molecule has 43 heavy (non-hydrogen) atoms. The van der Waals surface area contributed by atoms with Crippen LogP contribution in [0.15, 0.2) is 72.8 Å². The predicted molar refractivity (Wildman–Crippen MR) is 162 cm³/mol. The molecule has 1 unspecified atom stereocenters. The summed E-state index contributed by atoms with van der Waals surface area (Å²) in [5.41, 5.74) is 1.73. The maximum Gasteiger partial charge on any atom is 0.431 e. The number of rotatable bonds is 4. The van der Waals surface area contributed by atoms with Crippen LogP contribution in [-0.2, 0) is 26.4 Å². The molecule has 1 heterocycles. The lowest BCUT2D eigenvalue weighted by atomic mass is 9.75. The number of carbonyl (C=O) groups excluding carboxylic acids is 4. The van der Waals surface area contributed by atoms with Crippen LogP contribution in [0.3, 0.4) is 0 Å². The van der Waals surface area contributed by atoms with Crippen LogP contribution in [0.2, 0.25) is 0 Å². The first-order valence-electron chi connectivity index (χ1n) is 14.1. The van der Waals surface area contributed by atoms with Gasteiger partial charge in [-0.25, -0.2) is 15.0 Å². The van der Waals surface area contributed by atoms with E-state index < -0.39 is 40.7 Å². The lowest BCUT2D eigenvalue weighted by Crippen LogP contribution is -2.68. The molecular formula is C34H39N3O6. The summed E-state index contributed by atoms with van der Waals surface area (Å²) in [4.78, 5) is 57.7. The van der Waals surface area contributed by atoms with Gasteiger partial charge < -0.3 is 9.47 Å². The van der Waals surface area contributed by atoms with Gasteiger partial charge in [0.2, 0.25) is 0 Å². The van der Waals surface area contributed by atoms with Gasteiger partial charge in [0.15, 0.2) is 5.54 Å². The second-order valence-electron chi connectivity index (χ2n) is 12.7. The quantitative estimate of drug-likeness (QED) is 0.280. The Bertz CT molecular complexity index is 1530. The van der Waals surface area contributed by atoms with Crippen molar-refractivity contribution in [3.63, 3.8) is 0 Å². The smallest absolute Gasteiger partial charge is 0.431 e. The van der Waals surface area contributed by atoms with Crippen LogP contribution >= 0.6 is 0 Å². The van der Waals surface area contributed by atoms with Crippen molar-refractivity contribution in [1.29, 1.82) is 0 Å². The maximum atomic E-state index is 15.1. The molecule has 1 atom stereocenters. The summed E-state index contributed by atoms with van der Waals surface area (Å²) in [6, 6.07) is 21.2. The number of imide groups is 1. The highest BCUT2D eigenvalue weighted by Gasteiger charge is 2.59. The van der Waals surface area contributed by atoms with Crippen molar-refractivity contribution in [2.45, 2.75) is 78.7 Å². The molecule has 1 aliphatic heterocycles. The highest BCUT2D eigenvalue weighted by atomic mass is 16.6. The van der Waals surface area contributed by atoms with Crippen molar-refractivity contribution in [3.05, 3.63) is 106 Å². The summed E-state index contributed by atoms with van der Waals surface area (Å²) in [6.45, 7) is 13.8. The van der Waals surface area contributed by atoms with Crippen LogP contribution in [-0.4, -0.2) is 45.1 Å². The van der Waals surface area contributed by atoms with Crippen molar-refractivity contribution in [1.82, 2.24) is 15.3 Å². The number of carbonyl (C=O) groups is 4. The average Bonchev–Trinajstić information content (AvgIpc) is 2.89. The topological polar surface area (TPSA) is 105 Å². The molecule has 0 aliphatic carbocycles. The SMILES string of the molecule is Cc1cc(C)cc(C2(N(NC(=O)OC(C)(C)C)C(=O)OC(C)(C)C)C(=O)N(Cc3ccccc3)C(=O)c3ccccc32)c1. The van der Waals surface area contributed by atoms with Gasteiger partial charge in [0.05, 0.1) is 6.54 Å².